The van der Waals surface area contributed by atoms with Crippen molar-refractivity contribution in [3.63, 3.8) is 0 Å². The van der Waals surface area contributed by atoms with Gasteiger partial charge in [0.05, 0.1) is 13.2 Å². The third kappa shape index (κ3) is 13.5. The van der Waals surface area contributed by atoms with Crippen LogP contribution in [0.2, 0.25) is 0 Å². The highest BCUT2D eigenvalue weighted by molar-refractivity contribution is 5.74. The van der Waals surface area contributed by atoms with Gasteiger partial charge >= 0.3 is 24.2 Å². The lowest BCUT2D eigenvalue weighted by Crippen LogP contribution is -2.42. The fourth-order valence-electron chi connectivity index (χ4n) is 2.98. The molecule has 0 aromatic heterocycles. The number of carbonyl (C=O) groups excluding carboxylic acids is 3. The highest BCUT2D eigenvalue weighted by Gasteiger charge is 2.22. The van der Waals surface area contributed by atoms with E-state index in [1.807, 2.05) is 27.7 Å². The molecule has 11 nitrogen and oxygen atoms in total. The van der Waals surface area contributed by atoms with Gasteiger partial charge in [-0.3, -0.25) is 9.59 Å². The SMILES string of the molecule is CCCOC(=O)Oc1ccc(C[C@H](NCC(C)OC(=O)CCC(C)C)C(=O)O)cc1OC(=O)OCCC. The molecular weight excluding hydrogens is 486 g/mol. The zero-order valence-corrected chi connectivity index (χ0v) is 22.2. The predicted octanol–water partition coefficient (Wildman–Crippen LogP) is 4.49. The van der Waals surface area contributed by atoms with E-state index >= 15 is 0 Å². The van der Waals surface area contributed by atoms with Crippen molar-refractivity contribution in [2.45, 2.75) is 78.9 Å². The molecule has 2 atom stereocenters. The van der Waals surface area contributed by atoms with Gasteiger partial charge in [-0.25, -0.2) is 9.59 Å². The lowest BCUT2D eigenvalue weighted by molar-refractivity contribution is -0.148. The molecule has 208 valence electrons. The number of nitrogens with one attached hydrogen (secondary N) is 1. The summed E-state index contributed by atoms with van der Waals surface area (Å²) in [6.45, 7) is 9.76. The van der Waals surface area contributed by atoms with E-state index < -0.39 is 30.4 Å². The zero-order chi connectivity index (χ0) is 27.8. The van der Waals surface area contributed by atoms with Gasteiger partial charge in [0.1, 0.15) is 12.1 Å². The summed E-state index contributed by atoms with van der Waals surface area (Å²) >= 11 is 0. The van der Waals surface area contributed by atoms with Crippen molar-refractivity contribution in [2.75, 3.05) is 19.8 Å². The molecule has 1 aromatic carbocycles. The first kappa shape index (κ1) is 31.7. The molecule has 0 radical (unpaired) electrons. The second kappa shape index (κ2) is 17.2. The normalized spacial score (nSPS) is 12.4. The first-order valence-electron chi connectivity index (χ1n) is 12.5. The molecule has 1 aromatic rings. The summed E-state index contributed by atoms with van der Waals surface area (Å²) in [5.41, 5.74) is 0.481. The van der Waals surface area contributed by atoms with E-state index in [-0.39, 0.29) is 43.6 Å². The largest absolute Gasteiger partial charge is 0.513 e. The van der Waals surface area contributed by atoms with Gasteiger partial charge in [0.15, 0.2) is 11.5 Å². The maximum absolute atomic E-state index is 12.0. The fraction of sp³-hybridized carbons (Fsp3) is 0.615. The Hall–Kier alpha value is -3.34. The van der Waals surface area contributed by atoms with E-state index in [1.165, 1.54) is 12.1 Å². The third-order valence-electron chi connectivity index (χ3n) is 4.89. The second-order valence-corrected chi connectivity index (χ2v) is 8.92. The number of ether oxygens (including phenoxy) is 5. The average Bonchev–Trinajstić information content (AvgIpc) is 2.83. The molecule has 37 heavy (non-hydrogen) atoms. The molecule has 0 heterocycles. The Kier molecular flexibility index (Phi) is 14.7. The first-order valence-corrected chi connectivity index (χ1v) is 12.5. The molecule has 0 aliphatic heterocycles. The van der Waals surface area contributed by atoms with Gasteiger partial charge in [-0.15, -0.1) is 0 Å². The first-order chi connectivity index (χ1) is 17.5. The number of rotatable bonds is 16. The molecule has 0 saturated heterocycles. The van der Waals surface area contributed by atoms with Gasteiger partial charge in [-0.1, -0.05) is 33.8 Å². The summed E-state index contributed by atoms with van der Waals surface area (Å²) in [4.78, 5) is 47.7. The van der Waals surface area contributed by atoms with E-state index in [4.69, 9.17) is 23.7 Å². The molecule has 0 amide bonds. The molecule has 1 rings (SSSR count). The van der Waals surface area contributed by atoms with Crippen molar-refractivity contribution in [2.24, 2.45) is 5.92 Å². The van der Waals surface area contributed by atoms with Crippen molar-refractivity contribution in [3.05, 3.63) is 23.8 Å². The number of carboxylic acids is 1. The summed E-state index contributed by atoms with van der Waals surface area (Å²) < 4.78 is 25.5. The van der Waals surface area contributed by atoms with Crippen LogP contribution < -0.4 is 14.8 Å². The highest BCUT2D eigenvalue weighted by Crippen LogP contribution is 2.30. The number of carbonyl (C=O) groups is 4. The molecule has 1 unspecified atom stereocenters. The summed E-state index contributed by atoms with van der Waals surface area (Å²) in [5, 5.41) is 12.6. The minimum absolute atomic E-state index is 0.00424. The minimum Gasteiger partial charge on any atom is -0.480 e. The van der Waals surface area contributed by atoms with Crippen LogP contribution in [0.4, 0.5) is 9.59 Å². The van der Waals surface area contributed by atoms with Gasteiger partial charge in [-0.05, 0) is 56.2 Å². The van der Waals surface area contributed by atoms with E-state index in [9.17, 15) is 24.3 Å². The maximum Gasteiger partial charge on any atom is 0.513 e. The Morgan fingerprint density at radius 1 is 0.919 bits per heavy atom. The molecule has 0 aliphatic rings. The Morgan fingerprint density at radius 2 is 1.51 bits per heavy atom. The standard InChI is InChI=1S/C26H39NO10/c1-6-12-33-25(31)36-21-10-9-19(15-22(21)37-26(32)34-13-7-2)14-20(24(29)30)27-16-18(5)35-23(28)11-8-17(3)4/h9-10,15,17-18,20,27H,6-8,11-14,16H2,1-5H3,(H,29,30)/t18?,20-/m0/s1. The number of carboxylic acid groups (broad SMARTS) is 1. The van der Waals surface area contributed by atoms with E-state index in [1.54, 1.807) is 13.0 Å². The second-order valence-electron chi connectivity index (χ2n) is 8.92. The van der Waals surface area contributed by atoms with Crippen molar-refractivity contribution in [1.29, 1.82) is 0 Å². The topological polar surface area (TPSA) is 147 Å². The van der Waals surface area contributed by atoms with Crippen molar-refractivity contribution in [1.82, 2.24) is 5.32 Å². The van der Waals surface area contributed by atoms with Crippen LogP contribution in [-0.2, 0) is 30.2 Å². The fourth-order valence-corrected chi connectivity index (χ4v) is 2.98. The summed E-state index contributed by atoms with van der Waals surface area (Å²) in [5.74, 6) is -1.28. The molecule has 0 bridgehead atoms. The summed E-state index contributed by atoms with van der Waals surface area (Å²) in [6, 6.07) is 3.28. The lowest BCUT2D eigenvalue weighted by Gasteiger charge is -2.19. The Labute approximate surface area is 217 Å². The van der Waals surface area contributed by atoms with E-state index in [0.717, 1.165) is 0 Å². The monoisotopic (exact) mass is 525 g/mol. The Balaban J connectivity index is 2.90. The van der Waals surface area contributed by atoms with Gasteiger partial charge in [-0.2, -0.15) is 0 Å². The number of esters is 1. The van der Waals surface area contributed by atoms with Gasteiger partial charge in [0.25, 0.3) is 0 Å². The van der Waals surface area contributed by atoms with E-state index in [0.29, 0.717) is 37.2 Å². The highest BCUT2D eigenvalue weighted by atomic mass is 16.7. The smallest absolute Gasteiger partial charge is 0.480 e. The Bertz CT molecular complexity index is 886. The van der Waals surface area contributed by atoms with Gasteiger partial charge in [0.2, 0.25) is 0 Å². The maximum atomic E-state index is 12.0. The van der Waals surface area contributed by atoms with Crippen LogP contribution in [0.5, 0.6) is 11.5 Å². The summed E-state index contributed by atoms with van der Waals surface area (Å²) in [7, 11) is 0. The van der Waals surface area contributed by atoms with Crippen LogP contribution in [-0.4, -0.2) is 61.3 Å². The van der Waals surface area contributed by atoms with Crippen molar-refractivity contribution in [3.8, 4) is 11.5 Å². The van der Waals surface area contributed by atoms with Crippen molar-refractivity contribution >= 4 is 24.2 Å². The lowest BCUT2D eigenvalue weighted by atomic mass is 10.0. The number of hydrogen-bond acceptors (Lipinski definition) is 10. The van der Waals surface area contributed by atoms with Gasteiger partial charge in [0, 0.05) is 13.0 Å². The summed E-state index contributed by atoms with van der Waals surface area (Å²) in [6.07, 6.45) is -0.296. The van der Waals surface area contributed by atoms with Crippen molar-refractivity contribution < 1.29 is 48.0 Å². The molecule has 0 spiro atoms. The van der Waals surface area contributed by atoms with Crippen LogP contribution in [0.1, 0.15) is 65.9 Å². The van der Waals surface area contributed by atoms with Crippen LogP contribution in [0.15, 0.2) is 18.2 Å². The Morgan fingerprint density at radius 3 is 2.05 bits per heavy atom. The molecule has 11 heteroatoms. The number of hydrogen-bond donors (Lipinski definition) is 2. The molecule has 2 N–H and O–H groups in total. The predicted molar refractivity (Wildman–Crippen MR) is 134 cm³/mol. The average molecular weight is 526 g/mol. The number of benzene rings is 1. The quantitative estimate of drug-likeness (QED) is 0.179. The van der Waals surface area contributed by atoms with E-state index in [2.05, 4.69) is 5.32 Å². The van der Waals surface area contributed by atoms with Crippen LogP contribution in [0, 0.1) is 5.92 Å². The molecule has 0 aliphatic carbocycles. The van der Waals surface area contributed by atoms with Crippen LogP contribution >= 0.6 is 0 Å². The van der Waals surface area contributed by atoms with Gasteiger partial charge < -0.3 is 34.1 Å². The molecule has 0 saturated carbocycles. The molecule has 0 fully saturated rings. The third-order valence-corrected chi connectivity index (χ3v) is 4.89. The zero-order valence-electron chi connectivity index (χ0n) is 22.2. The van der Waals surface area contributed by atoms with Crippen LogP contribution in [0.25, 0.3) is 0 Å². The number of aliphatic carboxylic acids is 1. The minimum atomic E-state index is -1.12. The van der Waals surface area contributed by atoms with Crippen LogP contribution in [0.3, 0.4) is 0 Å². The molecular formula is C26H39NO10.